The van der Waals surface area contributed by atoms with E-state index >= 15 is 0 Å². The Morgan fingerprint density at radius 3 is 2.95 bits per heavy atom. The van der Waals surface area contributed by atoms with Crippen molar-refractivity contribution in [3.05, 3.63) is 48.0 Å². The van der Waals surface area contributed by atoms with Crippen LogP contribution in [0.1, 0.15) is 5.56 Å². The third-order valence-electron chi connectivity index (χ3n) is 2.95. The molecule has 0 aliphatic carbocycles. The second kappa shape index (κ2) is 5.73. The van der Waals surface area contributed by atoms with Crippen LogP contribution < -0.4 is 5.32 Å². The molecule has 0 unspecified atom stereocenters. The van der Waals surface area contributed by atoms with Crippen molar-refractivity contribution < 1.29 is 5.11 Å². The highest BCUT2D eigenvalue weighted by atomic mass is 32.2. The number of fused-ring (bicyclic) bond motifs is 1. The van der Waals surface area contributed by atoms with Crippen LogP contribution in [0.3, 0.4) is 0 Å². The Morgan fingerprint density at radius 1 is 1.25 bits per heavy atom. The molecule has 0 radical (unpaired) electrons. The van der Waals surface area contributed by atoms with Gasteiger partial charge in [0.05, 0.1) is 10.2 Å². The van der Waals surface area contributed by atoms with E-state index in [0.717, 1.165) is 21.1 Å². The Bertz CT molecular complexity index is 740. The van der Waals surface area contributed by atoms with Gasteiger partial charge in [-0.1, -0.05) is 23.9 Å². The summed E-state index contributed by atoms with van der Waals surface area (Å²) >= 11 is 3.38. The number of aromatic nitrogens is 1. The van der Waals surface area contributed by atoms with Crippen LogP contribution in [0, 0.1) is 0 Å². The van der Waals surface area contributed by atoms with Crippen molar-refractivity contribution in [1.29, 1.82) is 0 Å². The molecule has 0 spiro atoms. The molecule has 0 aliphatic heterocycles. The third kappa shape index (κ3) is 2.89. The molecule has 0 aliphatic rings. The van der Waals surface area contributed by atoms with E-state index in [1.165, 1.54) is 4.70 Å². The Balaban J connectivity index is 1.77. The van der Waals surface area contributed by atoms with Crippen LogP contribution in [0.4, 0.5) is 5.69 Å². The number of hydrogen-bond donors (Lipinski definition) is 2. The van der Waals surface area contributed by atoms with E-state index in [4.69, 9.17) is 0 Å². The predicted molar refractivity (Wildman–Crippen MR) is 86.8 cm³/mol. The average Bonchev–Trinajstić information content (AvgIpc) is 2.87. The lowest BCUT2D eigenvalue weighted by Crippen LogP contribution is -1.98. The quantitative estimate of drug-likeness (QED) is 0.704. The number of phenolic OH excluding ortho intramolecular Hbond substituents is 1. The number of anilines is 1. The first-order valence-corrected chi connectivity index (χ1v) is 8.25. The summed E-state index contributed by atoms with van der Waals surface area (Å²) in [5, 5.41) is 12.8. The molecule has 1 heterocycles. The molecule has 2 aromatic carbocycles. The normalized spacial score (nSPS) is 10.8. The maximum absolute atomic E-state index is 9.44. The zero-order valence-electron chi connectivity index (χ0n) is 11.0. The summed E-state index contributed by atoms with van der Waals surface area (Å²) in [6, 6.07) is 13.5. The van der Waals surface area contributed by atoms with E-state index in [0.29, 0.717) is 12.3 Å². The van der Waals surface area contributed by atoms with Gasteiger partial charge in [0.15, 0.2) is 4.34 Å². The fourth-order valence-electron chi connectivity index (χ4n) is 1.97. The molecule has 0 saturated carbocycles. The van der Waals surface area contributed by atoms with Gasteiger partial charge in [0.1, 0.15) is 5.75 Å². The van der Waals surface area contributed by atoms with Crippen molar-refractivity contribution in [3.63, 3.8) is 0 Å². The minimum atomic E-state index is 0.298. The Hall–Kier alpha value is -1.72. The number of thiazole rings is 1. The van der Waals surface area contributed by atoms with E-state index in [-0.39, 0.29) is 0 Å². The van der Waals surface area contributed by atoms with Crippen molar-refractivity contribution in [1.82, 2.24) is 4.98 Å². The van der Waals surface area contributed by atoms with Gasteiger partial charge in [-0.25, -0.2) is 4.98 Å². The first-order valence-electron chi connectivity index (χ1n) is 6.21. The molecule has 3 rings (SSSR count). The second-order valence-electron chi connectivity index (χ2n) is 4.39. The van der Waals surface area contributed by atoms with Crippen LogP contribution in [-0.4, -0.2) is 16.3 Å². The lowest BCUT2D eigenvalue weighted by atomic mass is 10.2. The minimum Gasteiger partial charge on any atom is -0.508 e. The number of nitrogens with zero attached hydrogens (tertiary/aromatic N) is 1. The zero-order valence-corrected chi connectivity index (χ0v) is 12.6. The molecule has 3 nitrogen and oxygen atoms in total. The fourth-order valence-corrected chi connectivity index (χ4v) is 3.50. The molecule has 0 saturated heterocycles. The summed E-state index contributed by atoms with van der Waals surface area (Å²) in [5.74, 6) is 0.298. The molecule has 0 fully saturated rings. The monoisotopic (exact) mass is 302 g/mol. The number of rotatable bonds is 4. The molecule has 5 heteroatoms. The molecule has 0 bridgehead atoms. The molecular weight excluding hydrogens is 288 g/mol. The lowest BCUT2D eigenvalue weighted by molar-refractivity contribution is 0.474. The van der Waals surface area contributed by atoms with Crippen LogP contribution >= 0.6 is 23.1 Å². The standard InChI is InChI=1S/C15H14N2OS2/c1-19-15-17-13-6-5-11(8-14(13)20-15)16-9-10-3-2-4-12(18)7-10/h2-8,16,18H,9H2,1H3. The van der Waals surface area contributed by atoms with Crippen LogP contribution in [0.5, 0.6) is 5.75 Å². The molecule has 2 N–H and O–H groups in total. The highest BCUT2D eigenvalue weighted by molar-refractivity contribution is 8.00. The van der Waals surface area contributed by atoms with Gasteiger partial charge in [-0.2, -0.15) is 0 Å². The molecule has 20 heavy (non-hydrogen) atoms. The topological polar surface area (TPSA) is 45.2 Å². The fraction of sp³-hybridized carbons (Fsp3) is 0.133. The van der Waals surface area contributed by atoms with Crippen molar-refractivity contribution in [3.8, 4) is 5.75 Å². The third-order valence-corrected chi connectivity index (χ3v) is 4.95. The van der Waals surface area contributed by atoms with E-state index in [2.05, 4.69) is 16.4 Å². The molecule has 0 amide bonds. The number of aromatic hydroxyl groups is 1. The molecular formula is C15H14N2OS2. The van der Waals surface area contributed by atoms with Crippen LogP contribution in [0.15, 0.2) is 46.8 Å². The first-order chi connectivity index (χ1) is 9.74. The van der Waals surface area contributed by atoms with Crippen molar-refractivity contribution in [2.75, 3.05) is 11.6 Å². The molecule has 3 aromatic rings. The van der Waals surface area contributed by atoms with E-state index in [1.807, 2.05) is 30.5 Å². The van der Waals surface area contributed by atoms with Crippen LogP contribution in [-0.2, 0) is 6.54 Å². The summed E-state index contributed by atoms with van der Waals surface area (Å²) in [4.78, 5) is 4.52. The van der Waals surface area contributed by atoms with Crippen molar-refractivity contribution >= 4 is 39.0 Å². The number of phenols is 1. The van der Waals surface area contributed by atoms with Gasteiger partial charge in [-0.05, 0) is 42.2 Å². The van der Waals surface area contributed by atoms with Gasteiger partial charge in [0.2, 0.25) is 0 Å². The first kappa shape index (κ1) is 13.3. The van der Waals surface area contributed by atoms with Crippen LogP contribution in [0.2, 0.25) is 0 Å². The SMILES string of the molecule is CSc1nc2ccc(NCc3cccc(O)c3)cc2s1. The van der Waals surface area contributed by atoms with Gasteiger partial charge >= 0.3 is 0 Å². The van der Waals surface area contributed by atoms with Crippen LogP contribution in [0.25, 0.3) is 10.2 Å². The summed E-state index contributed by atoms with van der Waals surface area (Å²) in [7, 11) is 0. The zero-order chi connectivity index (χ0) is 13.9. The van der Waals surface area contributed by atoms with E-state index in [9.17, 15) is 5.11 Å². The Labute approximate surface area is 125 Å². The second-order valence-corrected chi connectivity index (χ2v) is 6.47. The summed E-state index contributed by atoms with van der Waals surface area (Å²) in [6.45, 7) is 0.689. The number of nitrogens with one attached hydrogen (secondary N) is 1. The maximum Gasteiger partial charge on any atom is 0.150 e. The number of thioether (sulfide) groups is 1. The van der Waals surface area contributed by atoms with Gasteiger partial charge in [0.25, 0.3) is 0 Å². The molecule has 0 atom stereocenters. The largest absolute Gasteiger partial charge is 0.508 e. The molecule has 1 aromatic heterocycles. The maximum atomic E-state index is 9.44. The van der Waals surface area contributed by atoms with Gasteiger partial charge in [0, 0.05) is 12.2 Å². The summed E-state index contributed by atoms with van der Waals surface area (Å²) < 4.78 is 2.28. The number of hydrogen-bond acceptors (Lipinski definition) is 5. The predicted octanol–water partition coefficient (Wildman–Crippen LogP) is 4.34. The smallest absolute Gasteiger partial charge is 0.150 e. The van der Waals surface area contributed by atoms with Crippen molar-refractivity contribution in [2.24, 2.45) is 0 Å². The van der Waals surface area contributed by atoms with Gasteiger partial charge < -0.3 is 10.4 Å². The summed E-state index contributed by atoms with van der Waals surface area (Å²) in [6.07, 6.45) is 2.04. The van der Waals surface area contributed by atoms with E-state index in [1.54, 1.807) is 35.2 Å². The molecule has 102 valence electrons. The summed E-state index contributed by atoms with van der Waals surface area (Å²) in [5.41, 5.74) is 3.17. The Morgan fingerprint density at radius 2 is 2.15 bits per heavy atom. The lowest BCUT2D eigenvalue weighted by Gasteiger charge is -2.06. The highest BCUT2D eigenvalue weighted by Crippen LogP contribution is 2.30. The van der Waals surface area contributed by atoms with Crippen molar-refractivity contribution in [2.45, 2.75) is 10.9 Å². The highest BCUT2D eigenvalue weighted by Gasteiger charge is 2.04. The average molecular weight is 302 g/mol. The number of benzene rings is 2. The minimum absolute atomic E-state index is 0.298. The van der Waals surface area contributed by atoms with E-state index < -0.39 is 0 Å². The van der Waals surface area contributed by atoms with Gasteiger partial charge in [-0.15, -0.1) is 11.3 Å². The van der Waals surface area contributed by atoms with Gasteiger partial charge in [-0.3, -0.25) is 0 Å². The Kier molecular flexibility index (Phi) is 3.80.